The molecule has 0 saturated carbocycles. The lowest BCUT2D eigenvalue weighted by Gasteiger charge is -2.17. The number of amides is 1. The molecule has 0 radical (unpaired) electrons. The molecular weight excluding hydrogens is 508 g/mol. The Labute approximate surface area is 223 Å². The predicted octanol–water partition coefficient (Wildman–Crippen LogP) is 4.70. The average molecular weight is 537 g/mol. The van der Waals surface area contributed by atoms with Gasteiger partial charge < -0.3 is 19.4 Å². The maximum absolute atomic E-state index is 11.9. The van der Waals surface area contributed by atoms with Crippen LogP contribution in [0.25, 0.3) is 16.2 Å². The van der Waals surface area contributed by atoms with Gasteiger partial charge >= 0.3 is 6.09 Å². The van der Waals surface area contributed by atoms with Gasteiger partial charge in [-0.3, -0.25) is 0 Å². The number of nitrogens with zero attached hydrogens (tertiary/aromatic N) is 8. The molecule has 0 aliphatic carbocycles. The lowest BCUT2D eigenvalue weighted by Crippen LogP contribution is -2.30. The molecule has 0 bridgehead atoms. The summed E-state index contributed by atoms with van der Waals surface area (Å²) in [6, 6.07) is 10.3. The van der Waals surface area contributed by atoms with Gasteiger partial charge in [0, 0.05) is 39.7 Å². The van der Waals surface area contributed by atoms with E-state index in [-0.39, 0.29) is 12.2 Å². The second-order valence-corrected chi connectivity index (χ2v) is 11.1. The summed E-state index contributed by atoms with van der Waals surface area (Å²) in [4.78, 5) is 28.5. The Kier molecular flexibility index (Phi) is 6.74. The highest BCUT2D eigenvalue weighted by Gasteiger charge is 2.30. The third-order valence-electron chi connectivity index (χ3n) is 6.27. The quantitative estimate of drug-likeness (QED) is 0.349. The highest BCUT2D eigenvalue weighted by molar-refractivity contribution is 7.20. The van der Waals surface area contributed by atoms with Crippen LogP contribution in [0.1, 0.15) is 29.5 Å². The van der Waals surface area contributed by atoms with Gasteiger partial charge in [-0.1, -0.05) is 59.4 Å². The monoisotopic (exact) mass is 536 g/mol. The minimum atomic E-state index is -0.331. The fraction of sp³-hybridized carbons (Fsp3) is 0.400. The van der Waals surface area contributed by atoms with Gasteiger partial charge in [0.05, 0.1) is 12.2 Å². The topological polar surface area (TPSA) is 103 Å². The summed E-state index contributed by atoms with van der Waals surface area (Å²) in [7, 11) is 5.30. The Morgan fingerprint density at radius 2 is 1.97 bits per heavy atom. The standard InChI is InChI=1S/C25H28N8O2S2/c1-6-18-21(31(5)22-28-20(19(13-26)36-22)16-9-7-15(2)8-10-16)33-23(27-18)37-24(29-33)32-12-11-17(14-32)35-25(34)30(3)4/h7-10,17H,6,11-12,14H2,1-5H3. The summed E-state index contributed by atoms with van der Waals surface area (Å²) in [5.41, 5.74) is 3.67. The van der Waals surface area contributed by atoms with Crippen molar-refractivity contribution >= 4 is 49.8 Å². The lowest BCUT2D eigenvalue weighted by molar-refractivity contribution is 0.0839. The van der Waals surface area contributed by atoms with Crippen LogP contribution >= 0.6 is 22.7 Å². The molecule has 12 heteroatoms. The van der Waals surface area contributed by atoms with Gasteiger partial charge in [-0.15, -0.1) is 5.10 Å². The first-order valence-corrected chi connectivity index (χ1v) is 13.6. The van der Waals surface area contributed by atoms with Crippen molar-refractivity contribution in [3.63, 3.8) is 0 Å². The lowest BCUT2D eigenvalue weighted by atomic mass is 10.1. The van der Waals surface area contributed by atoms with E-state index in [2.05, 4.69) is 17.9 Å². The smallest absolute Gasteiger partial charge is 0.409 e. The molecule has 0 N–H and O–H groups in total. The molecule has 1 amide bonds. The number of rotatable bonds is 6. The van der Waals surface area contributed by atoms with E-state index in [0.717, 1.165) is 52.1 Å². The molecule has 192 valence electrons. The van der Waals surface area contributed by atoms with E-state index in [1.807, 2.05) is 47.7 Å². The summed E-state index contributed by atoms with van der Waals surface area (Å²) < 4.78 is 7.42. The number of thiazole rings is 1. The zero-order valence-electron chi connectivity index (χ0n) is 21.4. The van der Waals surface area contributed by atoms with Gasteiger partial charge in [-0.25, -0.2) is 14.8 Å². The molecule has 1 aliphatic rings. The Balaban J connectivity index is 1.45. The average Bonchev–Trinajstić information content (AvgIpc) is 3.66. The number of ether oxygens (including phenoxy) is 1. The molecule has 1 aliphatic heterocycles. The fourth-order valence-corrected chi connectivity index (χ4v) is 6.04. The molecule has 1 aromatic carbocycles. The molecule has 4 heterocycles. The van der Waals surface area contributed by atoms with Crippen molar-refractivity contribution in [2.24, 2.45) is 0 Å². The summed E-state index contributed by atoms with van der Waals surface area (Å²) >= 11 is 2.87. The van der Waals surface area contributed by atoms with E-state index in [4.69, 9.17) is 19.8 Å². The molecule has 0 spiro atoms. The van der Waals surface area contributed by atoms with Crippen molar-refractivity contribution in [2.45, 2.75) is 32.8 Å². The maximum atomic E-state index is 11.9. The maximum Gasteiger partial charge on any atom is 0.409 e. The zero-order chi connectivity index (χ0) is 26.3. The normalized spacial score (nSPS) is 15.2. The number of benzene rings is 1. The van der Waals surface area contributed by atoms with Gasteiger partial charge in [0.1, 0.15) is 22.7 Å². The van der Waals surface area contributed by atoms with Crippen LogP contribution < -0.4 is 9.80 Å². The molecule has 4 aromatic rings. The first-order valence-electron chi connectivity index (χ1n) is 12.0. The number of imidazole rings is 1. The third kappa shape index (κ3) is 4.72. The number of hydrogen-bond donors (Lipinski definition) is 0. The second kappa shape index (κ2) is 9.99. The van der Waals surface area contributed by atoms with Crippen molar-refractivity contribution in [1.82, 2.24) is 24.5 Å². The molecule has 1 unspecified atom stereocenters. The van der Waals surface area contributed by atoms with Gasteiger partial charge in [0.25, 0.3) is 0 Å². The SMILES string of the molecule is CCc1nc2sc(N3CCC(OC(=O)N(C)C)C3)nn2c1N(C)c1nc(-c2ccc(C)cc2)c(C#N)s1. The van der Waals surface area contributed by atoms with Gasteiger partial charge in [-0.2, -0.15) is 9.78 Å². The molecular formula is C25H28N8O2S2. The number of hydrogen-bond acceptors (Lipinski definition) is 10. The van der Waals surface area contributed by atoms with Crippen molar-refractivity contribution in [1.29, 1.82) is 5.26 Å². The predicted molar refractivity (Wildman–Crippen MR) is 146 cm³/mol. The minimum Gasteiger partial charge on any atom is -0.444 e. The van der Waals surface area contributed by atoms with Crippen LogP contribution in [0, 0.1) is 18.3 Å². The van der Waals surface area contributed by atoms with E-state index in [0.29, 0.717) is 22.2 Å². The van der Waals surface area contributed by atoms with Crippen molar-refractivity contribution in [3.8, 4) is 17.3 Å². The molecule has 37 heavy (non-hydrogen) atoms. The van der Waals surface area contributed by atoms with Crippen molar-refractivity contribution in [3.05, 3.63) is 40.4 Å². The van der Waals surface area contributed by atoms with E-state index < -0.39 is 0 Å². The van der Waals surface area contributed by atoms with Crippen LogP contribution in [-0.4, -0.2) is 70.9 Å². The summed E-state index contributed by atoms with van der Waals surface area (Å²) in [5, 5.41) is 16.2. The Morgan fingerprint density at radius 3 is 2.65 bits per heavy atom. The third-order valence-corrected chi connectivity index (χ3v) is 8.27. The van der Waals surface area contributed by atoms with Crippen molar-refractivity contribution in [2.75, 3.05) is 44.0 Å². The molecule has 10 nitrogen and oxygen atoms in total. The zero-order valence-corrected chi connectivity index (χ0v) is 23.1. The van der Waals surface area contributed by atoms with Crippen LogP contribution in [0.2, 0.25) is 0 Å². The number of carbonyl (C=O) groups excluding carboxylic acids is 1. The highest BCUT2D eigenvalue weighted by atomic mass is 32.1. The van der Waals surface area contributed by atoms with E-state index in [9.17, 15) is 10.1 Å². The molecule has 1 atom stereocenters. The minimum absolute atomic E-state index is 0.167. The number of fused-ring (bicyclic) bond motifs is 1. The van der Waals surface area contributed by atoms with Gasteiger partial charge in [0.15, 0.2) is 10.9 Å². The summed E-state index contributed by atoms with van der Waals surface area (Å²) in [6.45, 7) is 5.45. The van der Waals surface area contributed by atoms with E-state index in [1.165, 1.54) is 27.6 Å². The van der Waals surface area contributed by atoms with Crippen LogP contribution in [0.4, 0.5) is 20.9 Å². The van der Waals surface area contributed by atoms with Crippen LogP contribution in [-0.2, 0) is 11.2 Å². The van der Waals surface area contributed by atoms with Gasteiger partial charge in [-0.05, 0) is 13.3 Å². The Hall–Kier alpha value is -3.69. The van der Waals surface area contributed by atoms with Crippen LogP contribution in [0.15, 0.2) is 24.3 Å². The van der Waals surface area contributed by atoms with Crippen molar-refractivity contribution < 1.29 is 9.53 Å². The van der Waals surface area contributed by atoms with Crippen LogP contribution in [0.5, 0.6) is 0 Å². The Bertz CT molecular complexity index is 1480. The second-order valence-electron chi connectivity index (χ2n) is 9.16. The number of nitriles is 1. The number of aromatic nitrogens is 4. The summed E-state index contributed by atoms with van der Waals surface area (Å²) in [5.74, 6) is 0.837. The number of aryl methyl sites for hydroxylation is 2. The Morgan fingerprint density at radius 1 is 1.22 bits per heavy atom. The molecule has 5 rings (SSSR count). The highest BCUT2D eigenvalue weighted by Crippen LogP contribution is 2.38. The number of carbonyl (C=O) groups is 1. The van der Waals surface area contributed by atoms with Crippen LogP contribution in [0.3, 0.4) is 0 Å². The first kappa shape index (κ1) is 25.0. The largest absolute Gasteiger partial charge is 0.444 e. The van der Waals surface area contributed by atoms with E-state index in [1.54, 1.807) is 14.1 Å². The molecule has 3 aromatic heterocycles. The summed E-state index contributed by atoms with van der Waals surface area (Å²) in [6.07, 6.45) is 0.993. The van der Waals surface area contributed by atoms with E-state index >= 15 is 0 Å². The molecule has 1 fully saturated rings. The van der Waals surface area contributed by atoms with Gasteiger partial charge in [0.2, 0.25) is 10.1 Å². The first-order chi connectivity index (χ1) is 17.8. The fourth-order valence-electron chi connectivity index (χ4n) is 4.24. The molecule has 1 saturated heterocycles. The number of anilines is 3.